The third kappa shape index (κ3) is 4.05. The van der Waals surface area contributed by atoms with E-state index in [4.69, 9.17) is 10.8 Å². The molecule has 4 atom stereocenters. The minimum atomic E-state index is -4.83. The van der Waals surface area contributed by atoms with E-state index in [2.05, 4.69) is 33.8 Å². The lowest BCUT2D eigenvalue weighted by Crippen LogP contribution is -2.48. The zero-order chi connectivity index (χ0) is 22.6. The van der Waals surface area contributed by atoms with Gasteiger partial charge in [0, 0.05) is 61.6 Å². The molecule has 3 aliphatic rings. The summed E-state index contributed by atoms with van der Waals surface area (Å²) in [7, 11) is 0. The Morgan fingerprint density at radius 2 is 1.84 bits per heavy atom. The molecule has 0 radical (unpaired) electrons. The smallest absolute Gasteiger partial charge is 0.402 e. The molecule has 1 saturated heterocycles. The molecular formula is C22H29F3N6O. The maximum Gasteiger partial charge on any atom is 0.573 e. The largest absolute Gasteiger partial charge is 0.573 e. The number of nitrogens with two attached hydrogens (primary N) is 1. The Bertz CT molecular complexity index is 973. The van der Waals surface area contributed by atoms with Crippen molar-refractivity contribution in [1.29, 1.82) is 0 Å². The number of hydrogen-bond donors (Lipinski definition) is 2. The summed E-state index contributed by atoms with van der Waals surface area (Å²) in [6.07, 6.45) is -0.964. The number of aromatic nitrogens is 3. The molecule has 2 aromatic rings. The number of ether oxygens (including phenoxy) is 1. The number of pyridine rings is 1. The highest BCUT2D eigenvalue weighted by Gasteiger charge is 2.58. The predicted molar refractivity (Wildman–Crippen MR) is 114 cm³/mol. The summed E-state index contributed by atoms with van der Waals surface area (Å²) in [5, 5.41) is 8.14. The molecule has 174 valence electrons. The van der Waals surface area contributed by atoms with E-state index in [-0.39, 0.29) is 11.9 Å². The Balaban J connectivity index is 1.36. The first-order valence-electron chi connectivity index (χ1n) is 11.3. The zero-order valence-electron chi connectivity index (χ0n) is 18.3. The van der Waals surface area contributed by atoms with E-state index in [1.54, 1.807) is 0 Å². The number of nitrogen functional groups attached to an aromatic ring is 1. The molecule has 7 nitrogen and oxygen atoms in total. The molecule has 3 fully saturated rings. The molecule has 0 bridgehead atoms. The van der Waals surface area contributed by atoms with Crippen LogP contribution in [0.15, 0.2) is 18.3 Å². The molecule has 1 unspecified atom stereocenters. The molecule has 2 saturated carbocycles. The number of piperazine rings is 1. The zero-order valence-corrected chi connectivity index (χ0v) is 18.3. The number of nitrogens with one attached hydrogen (secondary N) is 1. The van der Waals surface area contributed by atoms with Gasteiger partial charge in [-0.3, -0.25) is 9.58 Å². The first-order valence-corrected chi connectivity index (χ1v) is 11.3. The van der Waals surface area contributed by atoms with Crippen molar-refractivity contribution in [2.45, 2.75) is 51.1 Å². The molecule has 2 aliphatic carbocycles. The summed E-state index contributed by atoms with van der Waals surface area (Å²) in [4.78, 5) is 6.51. The van der Waals surface area contributed by atoms with Crippen molar-refractivity contribution in [1.82, 2.24) is 25.0 Å². The van der Waals surface area contributed by atoms with Crippen LogP contribution in [0.1, 0.15) is 44.3 Å². The second-order valence-electron chi connectivity index (χ2n) is 9.41. The number of hydrogen-bond acceptors (Lipinski definition) is 6. The second-order valence-corrected chi connectivity index (χ2v) is 9.41. The van der Waals surface area contributed by atoms with Gasteiger partial charge in [-0.25, -0.2) is 4.98 Å². The van der Waals surface area contributed by atoms with Gasteiger partial charge in [0.2, 0.25) is 0 Å². The Hall–Kier alpha value is -2.33. The Kier molecular flexibility index (Phi) is 5.32. The molecule has 10 heteroatoms. The fourth-order valence-corrected chi connectivity index (χ4v) is 5.61. The van der Waals surface area contributed by atoms with E-state index in [0.29, 0.717) is 35.1 Å². The van der Waals surface area contributed by atoms with Gasteiger partial charge >= 0.3 is 6.36 Å². The van der Waals surface area contributed by atoms with Crippen LogP contribution in [0, 0.1) is 11.8 Å². The van der Waals surface area contributed by atoms with E-state index < -0.39 is 12.1 Å². The van der Waals surface area contributed by atoms with Crippen LogP contribution in [-0.4, -0.2) is 58.2 Å². The van der Waals surface area contributed by atoms with Crippen molar-refractivity contribution in [3.63, 3.8) is 0 Å². The standard InChI is InChI=1S/C22H29F3N6O/c1-12(2)31-18(20-15-8-14(9-16(15)20)30-5-3-27-4-6-30)10-17(29-31)13-7-19(21(26)28-11-13)32-22(23,24)25/h7,10-12,14-16,20,27H,3-6,8-9H2,1-2H3,(H2,26,28)/t14?,15-,16+,20+. The molecule has 32 heavy (non-hydrogen) atoms. The Morgan fingerprint density at radius 1 is 1.16 bits per heavy atom. The van der Waals surface area contributed by atoms with Crippen LogP contribution in [0.4, 0.5) is 19.0 Å². The van der Waals surface area contributed by atoms with E-state index >= 15 is 0 Å². The molecule has 1 aliphatic heterocycles. The van der Waals surface area contributed by atoms with Gasteiger partial charge in [0.1, 0.15) is 0 Å². The summed E-state index contributed by atoms with van der Waals surface area (Å²) in [5.41, 5.74) is 7.80. The van der Waals surface area contributed by atoms with Gasteiger partial charge in [0.15, 0.2) is 11.6 Å². The average molecular weight is 451 g/mol. The molecule has 0 spiro atoms. The maximum atomic E-state index is 12.7. The first-order chi connectivity index (χ1) is 15.2. The van der Waals surface area contributed by atoms with Crippen molar-refractivity contribution in [2.75, 3.05) is 31.9 Å². The highest BCUT2D eigenvalue weighted by atomic mass is 19.4. The van der Waals surface area contributed by atoms with Crippen molar-refractivity contribution in [3.05, 3.63) is 24.0 Å². The monoisotopic (exact) mass is 450 g/mol. The van der Waals surface area contributed by atoms with Crippen LogP contribution in [0.25, 0.3) is 11.3 Å². The molecule has 5 rings (SSSR count). The van der Waals surface area contributed by atoms with Gasteiger partial charge < -0.3 is 15.8 Å². The fourth-order valence-electron chi connectivity index (χ4n) is 5.61. The van der Waals surface area contributed by atoms with E-state index in [1.165, 1.54) is 30.8 Å². The first kappa shape index (κ1) is 21.5. The van der Waals surface area contributed by atoms with Gasteiger partial charge in [0.05, 0.1) is 5.69 Å². The van der Waals surface area contributed by atoms with Crippen molar-refractivity contribution < 1.29 is 17.9 Å². The summed E-state index contributed by atoms with van der Waals surface area (Å²) >= 11 is 0. The van der Waals surface area contributed by atoms with Gasteiger partial charge in [-0.2, -0.15) is 5.10 Å². The third-order valence-electron chi connectivity index (χ3n) is 7.09. The Labute approximate surface area is 185 Å². The number of rotatable bonds is 5. The van der Waals surface area contributed by atoms with Crippen LogP contribution in [0.2, 0.25) is 0 Å². The molecule has 3 heterocycles. The number of alkyl halides is 3. The van der Waals surface area contributed by atoms with Crippen LogP contribution in [0.3, 0.4) is 0 Å². The van der Waals surface area contributed by atoms with E-state index in [1.807, 2.05) is 10.7 Å². The predicted octanol–water partition coefficient (Wildman–Crippen LogP) is 3.40. The second kappa shape index (κ2) is 7.91. The van der Waals surface area contributed by atoms with E-state index in [0.717, 1.165) is 26.2 Å². The summed E-state index contributed by atoms with van der Waals surface area (Å²) < 4.78 is 44.2. The van der Waals surface area contributed by atoms with Gasteiger partial charge in [-0.1, -0.05) is 0 Å². The van der Waals surface area contributed by atoms with Crippen LogP contribution in [0.5, 0.6) is 5.75 Å². The minimum Gasteiger partial charge on any atom is -0.402 e. The van der Waals surface area contributed by atoms with Crippen LogP contribution >= 0.6 is 0 Å². The SMILES string of the molecule is CC(C)n1nc(-c2cnc(N)c(OC(F)(F)F)c2)cc1[C@H]1[C@@H]2CC(N3CCNCC3)C[C@@H]21. The van der Waals surface area contributed by atoms with Crippen molar-refractivity contribution in [3.8, 4) is 17.0 Å². The maximum absolute atomic E-state index is 12.7. The molecule has 0 aromatic carbocycles. The summed E-state index contributed by atoms with van der Waals surface area (Å²) in [6.45, 7) is 8.51. The Morgan fingerprint density at radius 3 is 2.47 bits per heavy atom. The van der Waals surface area contributed by atoms with Gasteiger partial charge in [0.25, 0.3) is 0 Å². The normalized spacial score (nSPS) is 28.2. The fraction of sp³-hybridized carbons (Fsp3) is 0.636. The molecule has 3 N–H and O–H groups in total. The number of fused-ring (bicyclic) bond motifs is 1. The minimum absolute atomic E-state index is 0.150. The summed E-state index contributed by atoms with van der Waals surface area (Å²) in [5.74, 6) is 0.977. The average Bonchev–Trinajstić information content (AvgIpc) is 3.09. The number of halogens is 3. The molecule has 2 aromatic heterocycles. The number of nitrogens with zero attached hydrogens (tertiary/aromatic N) is 4. The van der Waals surface area contributed by atoms with Crippen molar-refractivity contribution >= 4 is 5.82 Å². The van der Waals surface area contributed by atoms with Gasteiger partial charge in [-0.15, -0.1) is 13.2 Å². The molecular weight excluding hydrogens is 421 g/mol. The van der Waals surface area contributed by atoms with Gasteiger partial charge in [-0.05, 0) is 50.7 Å². The highest BCUT2D eigenvalue weighted by Crippen LogP contribution is 2.64. The number of anilines is 1. The molecule has 0 amide bonds. The lowest BCUT2D eigenvalue weighted by atomic mass is 10.0. The van der Waals surface area contributed by atoms with Crippen molar-refractivity contribution in [2.24, 2.45) is 11.8 Å². The van der Waals surface area contributed by atoms with Crippen LogP contribution in [-0.2, 0) is 0 Å². The topological polar surface area (TPSA) is 81.2 Å². The third-order valence-corrected chi connectivity index (χ3v) is 7.09. The summed E-state index contributed by atoms with van der Waals surface area (Å²) in [6, 6.07) is 4.09. The van der Waals surface area contributed by atoms with E-state index in [9.17, 15) is 13.2 Å². The highest BCUT2D eigenvalue weighted by molar-refractivity contribution is 5.64. The lowest BCUT2D eigenvalue weighted by Gasteiger charge is -2.34. The van der Waals surface area contributed by atoms with Crippen LogP contribution < -0.4 is 15.8 Å². The quantitative estimate of drug-likeness (QED) is 0.727. The lowest BCUT2D eigenvalue weighted by molar-refractivity contribution is -0.274.